The molecule has 1 fully saturated rings. The fraction of sp³-hybridized carbons (Fsp3) is 0.706. The summed E-state index contributed by atoms with van der Waals surface area (Å²) in [6.45, 7) is 17.6. The second kappa shape index (κ2) is 15.3. The second-order valence-corrected chi connectivity index (χ2v) is 4.17. The van der Waals surface area contributed by atoms with Gasteiger partial charge in [-0.1, -0.05) is 47.6 Å². The van der Waals surface area contributed by atoms with Crippen LogP contribution >= 0.6 is 0 Å². The van der Waals surface area contributed by atoms with Gasteiger partial charge in [-0.2, -0.15) is 0 Å². The zero-order valence-corrected chi connectivity index (χ0v) is 15.2. The van der Waals surface area contributed by atoms with Crippen LogP contribution in [0.4, 0.5) is 5.82 Å². The van der Waals surface area contributed by atoms with Gasteiger partial charge < -0.3 is 10.6 Å². The zero-order valence-electron chi connectivity index (χ0n) is 15.2. The Morgan fingerprint density at radius 2 is 1.48 bits per heavy atom. The standard InChI is InChI=1S/C11H18N4.3C2H6/c1-14-4-6-15(7-5-14)9-10-2-3-11(12)13-8-10;3*1-2/h2-3,8H,4-7,9H2,1H3,(H2,12,13);3*1-2H3. The van der Waals surface area contributed by atoms with Crippen LogP contribution in [0.1, 0.15) is 47.1 Å². The quantitative estimate of drug-likeness (QED) is 0.907. The van der Waals surface area contributed by atoms with E-state index >= 15 is 0 Å². The lowest BCUT2D eigenvalue weighted by molar-refractivity contribution is 0.148. The number of nitrogen functional groups attached to an aromatic ring is 1. The summed E-state index contributed by atoms with van der Waals surface area (Å²) in [6, 6.07) is 3.92. The molecule has 0 radical (unpaired) electrons. The molecule has 4 heteroatoms. The Bertz CT molecular complexity index is 303. The largest absolute Gasteiger partial charge is 0.384 e. The average molecular weight is 297 g/mol. The lowest BCUT2D eigenvalue weighted by atomic mass is 10.2. The molecule has 0 unspecified atom stereocenters. The van der Waals surface area contributed by atoms with E-state index in [0.29, 0.717) is 5.82 Å². The molecule has 0 amide bonds. The number of nitrogens with zero attached hydrogens (tertiary/aromatic N) is 3. The van der Waals surface area contributed by atoms with Gasteiger partial charge in [0.25, 0.3) is 0 Å². The highest BCUT2D eigenvalue weighted by molar-refractivity contribution is 5.29. The van der Waals surface area contributed by atoms with E-state index < -0.39 is 0 Å². The second-order valence-electron chi connectivity index (χ2n) is 4.17. The number of anilines is 1. The van der Waals surface area contributed by atoms with Crippen LogP contribution in [0.5, 0.6) is 0 Å². The van der Waals surface area contributed by atoms with Gasteiger partial charge in [0.15, 0.2) is 0 Å². The summed E-state index contributed by atoms with van der Waals surface area (Å²) in [7, 11) is 2.17. The lowest BCUT2D eigenvalue weighted by Gasteiger charge is -2.32. The topological polar surface area (TPSA) is 45.4 Å². The Hall–Kier alpha value is -1.13. The van der Waals surface area contributed by atoms with Crippen molar-refractivity contribution in [1.82, 2.24) is 14.8 Å². The van der Waals surface area contributed by atoms with Crippen LogP contribution in [0.3, 0.4) is 0 Å². The third-order valence-corrected chi connectivity index (χ3v) is 2.85. The number of piperazine rings is 1. The number of pyridine rings is 1. The van der Waals surface area contributed by atoms with Gasteiger partial charge in [0.2, 0.25) is 0 Å². The van der Waals surface area contributed by atoms with Crippen molar-refractivity contribution in [3.63, 3.8) is 0 Å². The Labute approximate surface area is 132 Å². The molecule has 1 aromatic rings. The van der Waals surface area contributed by atoms with E-state index in [1.165, 1.54) is 5.56 Å². The van der Waals surface area contributed by atoms with Crippen molar-refractivity contribution in [2.24, 2.45) is 0 Å². The fourth-order valence-electron chi connectivity index (χ4n) is 1.79. The number of likely N-dealkylation sites (N-methyl/N-ethyl adjacent to an activating group) is 1. The van der Waals surface area contributed by atoms with Gasteiger partial charge >= 0.3 is 0 Å². The van der Waals surface area contributed by atoms with E-state index in [9.17, 15) is 0 Å². The summed E-state index contributed by atoms with van der Waals surface area (Å²) in [5.74, 6) is 0.595. The molecule has 2 rings (SSSR count). The first kappa shape index (κ1) is 22.2. The van der Waals surface area contributed by atoms with Gasteiger partial charge in [-0.15, -0.1) is 0 Å². The molecule has 1 aromatic heterocycles. The third kappa shape index (κ3) is 10.3. The number of rotatable bonds is 2. The minimum Gasteiger partial charge on any atom is -0.384 e. The predicted octanol–water partition coefficient (Wildman–Crippen LogP) is 3.49. The first-order chi connectivity index (χ1) is 10.2. The first-order valence-electron chi connectivity index (χ1n) is 8.35. The molecule has 0 bridgehead atoms. The molecule has 2 heterocycles. The van der Waals surface area contributed by atoms with Crippen LogP contribution < -0.4 is 5.73 Å². The summed E-state index contributed by atoms with van der Waals surface area (Å²) >= 11 is 0. The van der Waals surface area contributed by atoms with Crippen molar-refractivity contribution in [2.75, 3.05) is 39.0 Å². The molecule has 0 spiro atoms. The number of aromatic nitrogens is 1. The van der Waals surface area contributed by atoms with Crippen molar-refractivity contribution in [1.29, 1.82) is 0 Å². The molecular formula is C17H36N4. The van der Waals surface area contributed by atoms with Crippen molar-refractivity contribution in [3.05, 3.63) is 23.9 Å². The van der Waals surface area contributed by atoms with Gasteiger partial charge in [0, 0.05) is 38.9 Å². The molecule has 0 aromatic carbocycles. The maximum Gasteiger partial charge on any atom is 0.123 e. The molecule has 1 aliphatic rings. The van der Waals surface area contributed by atoms with Crippen LogP contribution in [0, 0.1) is 0 Å². The smallest absolute Gasteiger partial charge is 0.123 e. The Morgan fingerprint density at radius 1 is 0.952 bits per heavy atom. The minimum absolute atomic E-state index is 0.595. The molecule has 21 heavy (non-hydrogen) atoms. The molecule has 0 atom stereocenters. The third-order valence-electron chi connectivity index (χ3n) is 2.85. The van der Waals surface area contributed by atoms with Crippen LogP contribution in [0.25, 0.3) is 0 Å². The molecular weight excluding hydrogens is 260 g/mol. The van der Waals surface area contributed by atoms with Crippen molar-refractivity contribution in [2.45, 2.75) is 48.1 Å². The summed E-state index contributed by atoms with van der Waals surface area (Å²) in [5.41, 5.74) is 6.79. The highest BCUT2D eigenvalue weighted by Crippen LogP contribution is 2.07. The first-order valence-corrected chi connectivity index (χ1v) is 8.35. The SMILES string of the molecule is CC.CC.CC.CN1CCN(Cc2ccc(N)nc2)CC1. The Morgan fingerprint density at radius 3 is 1.90 bits per heavy atom. The van der Waals surface area contributed by atoms with Gasteiger partial charge in [-0.05, 0) is 18.7 Å². The van der Waals surface area contributed by atoms with Gasteiger partial charge in [0.1, 0.15) is 5.82 Å². The van der Waals surface area contributed by atoms with Crippen LogP contribution in [-0.4, -0.2) is 48.0 Å². The monoisotopic (exact) mass is 296 g/mol. The van der Waals surface area contributed by atoms with E-state index in [1.54, 1.807) is 0 Å². The number of nitrogens with two attached hydrogens (primary N) is 1. The van der Waals surface area contributed by atoms with Gasteiger partial charge in [0.05, 0.1) is 0 Å². The highest BCUT2D eigenvalue weighted by atomic mass is 15.2. The minimum atomic E-state index is 0.595. The molecule has 1 saturated heterocycles. The van der Waals surface area contributed by atoms with Crippen LogP contribution in [0.2, 0.25) is 0 Å². The van der Waals surface area contributed by atoms with E-state index in [4.69, 9.17) is 5.73 Å². The lowest BCUT2D eigenvalue weighted by Crippen LogP contribution is -2.43. The average Bonchev–Trinajstić information content (AvgIpc) is 2.57. The number of hydrogen-bond acceptors (Lipinski definition) is 4. The van der Waals surface area contributed by atoms with E-state index in [2.05, 4.69) is 27.9 Å². The van der Waals surface area contributed by atoms with E-state index in [1.807, 2.05) is 53.8 Å². The predicted molar refractivity (Wildman–Crippen MR) is 95.5 cm³/mol. The van der Waals surface area contributed by atoms with Crippen molar-refractivity contribution < 1.29 is 0 Å². The van der Waals surface area contributed by atoms with E-state index in [0.717, 1.165) is 32.7 Å². The van der Waals surface area contributed by atoms with E-state index in [-0.39, 0.29) is 0 Å². The molecule has 0 saturated carbocycles. The molecule has 124 valence electrons. The fourth-order valence-corrected chi connectivity index (χ4v) is 1.79. The summed E-state index contributed by atoms with van der Waals surface area (Å²) < 4.78 is 0. The summed E-state index contributed by atoms with van der Waals surface area (Å²) in [6.07, 6.45) is 1.87. The van der Waals surface area contributed by atoms with Crippen LogP contribution in [0.15, 0.2) is 18.3 Å². The zero-order chi connectivity index (χ0) is 16.7. The number of hydrogen-bond donors (Lipinski definition) is 1. The molecule has 0 aliphatic carbocycles. The van der Waals surface area contributed by atoms with Crippen molar-refractivity contribution in [3.8, 4) is 0 Å². The summed E-state index contributed by atoms with van der Waals surface area (Å²) in [4.78, 5) is 8.91. The molecule has 2 N–H and O–H groups in total. The Balaban J connectivity index is 0. The maximum absolute atomic E-state index is 5.55. The molecule has 1 aliphatic heterocycles. The summed E-state index contributed by atoms with van der Waals surface area (Å²) in [5, 5.41) is 0. The van der Waals surface area contributed by atoms with Crippen LogP contribution in [-0.2, 0) is 6.54 Å². The molecule has 4 nitrogen and oxygen atoms in total. The van der Waals surface area contributed by atoms with Gasteiger partial charge in [-0.3, -0.25) is 4.90 Å². The normalized spacial score (nSPS) is 14.6. The van der Waals surface area contributed by atoms with Gasteiger partial charge in [-0.25, -0.2) is 4.98 Å². The van der Waals surface area contributed by atoms with Crippen molar-refractivity contribution >= 4 is 5.82 Å². The highest BCUT2D eigenvalue weighted by Gasteiger charge is 2.13. The maximum atomic E-state index is 5.55. The Kier molecular flexibility index (Phi) is 16.1.